The third-order valence-electron chi connectivity index (χ3n) is 5.12. The smallest absolute Gasteiger partial charge is 0.257 e. The quantitative estimate of drug-likeness (QED) is 0.876. The summed E-state index contributed by atoms with van der Waals surface area (Å²) in [5.41, 5.74) is 3.39. The Morgan fingerprint density at radius 1 is 1.15 bits per heavy atom. The van der Waals surface area contributed by atoms with Crippen molar-refractivity contribution in [3.8, 4) is 0 Å². The maximum atomic E-state index is 12.3. The SMILES string of the molecule is CCN1CCN(c2nc3c(c(Nc4ccccc4C)n2)C(=O)NC3)CC1. The molecule has 1 fully saturated rings. The Bertz CT molecular complexity index is 829. The fourth-order valence-electron chi connectivity index (χ4n) is 3.45. The van der Waals surface area contributed by atoms with Gasteiger partial charge in [-0.15, -0.1) is 0 Å². The highest BCUT2D eigenvalue weighted by Crippen LogP contribution is 2.28. The first-order valence-corrected chi connectivity index (χ1v) is 9.14. The van der Waals surface area contributed by atoms with Gasteiger partial charge in [-0.05, 0) is 25.1 Å². The van der Waals surface area contributed by atoms with Crippen molar-refractivity contribution in [2.45, 2.75) is 20.4 Å². The van der Waals surface area contributed by atoms with Crippen molar-refractivity contribution in [2.24, 2.45) is 0 Å². The number of likely N-dealkylation sites (N-methyl/N-ethyl adjacent to an activating group) is 1. The summed E-state index contributed by atoms with van der Waals surface area (Å²) < 4.78 is 0. The van der Waals surface area contributed by atoms with Crippen molar-refractivity contribution in [2.75, 3.05) is 42.9 Å². The monoisotopic (exact) mass is 352 g/mol. The Labute approximate surface area is 153 Å². The van der Waals surface area contributed by atoms with E-state index in [2.05, 4.69) is 32.3 Å². The van der Waals surface area contributed by atoms with E-state index in [0.717, 1.165) is 49.7 Å². The molecule has 2 N–H and O–H groups in total. The van der Waals surface area contributed by atoms with E-state index in [0.29, 0.717) is 23.9 Å². The second-order valence-corrected chi connectivity index (χ2v) is 6.74. The van der Waals surface area contributed by atoms with E-state index in [9.17, 15) is 4.79 Å². The van der Waals surface area contributed by atoms with Crippen LogP contribution < -0.4 is 15.5 Å². The molecule has 0 saturated carbocycles. The van der Waals surface area contributed by atoms with E-state index >= 15 is 0 Å². The molecule has 26 heavy (non-hydrogen) atoms. The van der Waals surface area contributed by atoms with Gasteiger partial charge in [-0.2, -0.15) is 4.98 Å². The minimum absolute atomic E-state index is 0.113. The van der Waals surface area contributed by atoms with Crippen molar-refractivity contribution in [1.82, 2.24) is 20.2 Å². The van der Waals surface area contributed by atoms with E-state index in [1.807, 2.05) is 31.2 Å². The molecule has 0 atom stereocenters. The lowest BCUT2D eigenvalue weighted by atomic mass is 10.2. The molecule has 2 aromatic rings. The number of aryl methyl sites for hydroxylation is 1. The average molecular weight is 352 g/mol. The number of amides is 1. The molecule has 7 nitrogen and oxygen atoms in total. The first-order chi connectivity index (χ1) is 12.7. The molecule has 1 aromatic carbocycles. The highest BCUT2D eigenvalue weighted by atomic mass is 16.2. The Balaban J connectivity index is 1.68. The number of piperazine rings is 1. The van der Waals surface area contributed by atoms with Gasteiger partial charge in [0.05, 0.1) is 12.2 Å². The molecule has 0 spiro atoms. The van der Waals surface area contributed by atoms with E-state index in [1.54, 1.807) is 0 Å². The predicted molar refractivity (Wildman–Crippen MR) is 102 cm³/mol. The summed E-state index contributed by atoms with van der Waals surface area (Å²) in [6.45, 7) is 9.56. The summed E-state index contributed by atoms with van der Waals surface area (Å²) in [5, 5.41) is 6.22. The number of hydrogen-bond donors (Lipinski definition) is 2. The number of aromatic nitrogens is 2. The van der Waals surface area contributed by atoms with Gasteiger partial charge in [0.15, 0.2) is 0 Å². The highest BCUT2D eigenvalue weighted by Gasteiger charge is 2.28. The van der Waals surface area contributed by atoms with Crippen LogP contribution in [-0.2, 0) is 6.54 Å². The van der Waals surface area contributed by atoms with Crippen LogP contribution in [0.2, 0.25) is 0 Å². The summed E-state index contributed by atoms with van der Waals surface area (Å²) in [5.74, 6) is 1.18. The number of rotatable bonds is 4. The fraction of sp³-hybridized carbons (Fsp3) is 0.421. The molecule has 1 saturated heterocycles. The lowest BCUT2D eigenvalue weighted by Gasteiger charge is -2.34. The Kier molecular flexibility index (Phi) is 4.46. The molecule has 0 unspecified atom stereocenters. The molecule has 3 heterocycles. The van der Waals surface area contributed by atoms with Gasteiger partial charge in [-0.25, -0.2) is 4.98 Å². The number of nitrogens with one attached hydrogen (secondary N) is 2. The maximum Gasteiger partial charge on any atom is 0.257 e. The molecule has 1 aromatic heterocycles. The molecule has 4 rings (SSSR count). The van der Waals surface area contributed by atoms with Gasteiger partial charge in [-0.1, -0.05) is 25.1 Å². The number of nitrogens with zero attached hydrogens (tertiary/aromatic N) is 4. The Hall–Kier alpha value is -2.67. The molecule has 1 amide bonds. The number of carbonyl (C=O) groups is 1. The number of fused-ring (bicyclic) bond motifs is 1. The molecule has 2 aliphatic heterocycles. The second-order valence-electron chi connectivity index (χ2n) is 6.74. The minimum Gasteiger partial charge on any atom is -0.346 e. The van der Waals surface area contributed by atoms with Gasteiger partial charge >= 0.3 is 0 Å². The summed E-state index contributed by atoms with van der Waals surface area (Å²) >= 11 is 0. The molecule has 0 aliphatic carbocycles. The van der Waals surface area contributed by atoms with Gasteiger partial charge in [0.25, 0.3) is 5.91 Å². The third kappa shape index (κ3) is 3.10. The van der Waals surface area contributed by atoms with Crippen LogP contribution in [0.3, 0.4) is 0 Å². The van der Waals surface area contributed by atoms with E-state index < -0.39 is 0 Å². The van der Waals surface area contributed by atoms with Crippen LogP contribution in [0.25, 0.3) is 0 Å². The lowest BCUT2D eigenvalue weighted by Crippen LogP contribution is -2.46. The largest absolute Gasteiger partial charge is 0.346 e. The van der Waals surface area contributed by atoms with Gasteiger partial charge < -0.3 is 20.4 Å². The van der Waals surface area contributed by atoms with Gasteiger partial charge in [0, 0.05) is 31.9 Å². The van der Waals surface area contributed by atoms with Gasteiger partial charge in [0.2, 0.25) is 5.95 Å². The first-order valence-electron chi connectivity index (χ1n) is 9.14. The number of hydrogen-bond acceptors (Lipinski definition) is 6. The number of carbonyl (C=O) groups excluding carboxylic acids is 1. The van der Waals surface area contributed by atoms with Crippen LogP contribution in [-0.4, -0.2) is 53.5 Å². The summed E-state index contributed by atoms with van der Waals surface area (Å²) in [6, 6.07) is 8.00. The van der Waals surface area contributed by atoms with Crippen molar-refractivity contribution >= 4 is 23.4 Å². The zero-order valence-electron chi connectivity index (χ0n) is 15.2. The number of anilines is 3. The zero-order chi connectivity index (χ0) is 18.1. The average Bonchev–Trinajstić information content (AvgIpc) is 3.05. The van der Waals surface area contributed by atoms with Crippen molar-refractivity contribution in [3.63, 3.8) is 0 Å². The molecule has 2 aliphatic rings. The van der Waals surface area contributed by atoms with Gasteiger partial charge in [0.1, 0.15) is 11.4 Å². The van der Waals surface area contributed by atoms with E-state index in [4.69, 9.17) is 4.98 Å². The maximum absolute atomic E-state index is 12.3. The molecular formula is C19H24N6O. The summed E-state index contributed by atoms with van der Waals surface area (Å²) in [4.78, 5) is 26.3. The third-order valence-corrected chi connectivity index (χ3v) is 5.12. The van der Waals surface area contributed by atoms with Crippen LogP contribution in [0.5, 0.6) is 0 Å². The zero-order valence-corrected chi connectivity index (χ0v) is 15.2. The minimum atomic E-state index is -0.113. The van der Waals surface area contributed by atoms with Crippen LogP contribution in [0.1, 0.15) is 28.5 Å². The summed E-state index contributed by atoms with van der Waals surface area (Å²) in [6.07, 6.45) is 0. The molecule has 0 bridgehead atoms. The number of benzene rings is 1. The number of para-hydroxylation sites is 1. The van der Waals surface area contributed by atoms with Crippen LogP contribution in [0, 0.1) is 6.92 Å². The summed E-state index contributed by atoms with van der Waals surface area (Å²) in [7, 11) is 0. The van der Waals surface area contributed by atoms with Crippen molar-refractivity contribution < 1.29 is 4.79 Å². The molecule has 7 heteroatoms. The topological polar surface area (TPSA) is 73.4 Å². The highest BCUT2D eigenvalue weighted by molar-refractivity contribution is 6.03. The molecule has 0 radical (unpaired) electrons. The fourth-order valence-corrected chi connectivity index (χ4v) is 3.45. The predicted octanol–water partition coefficient (Wildman–Crippen LogP) is 1.91. The van der Waals surface area contributed by atoms with Gasteiger partial charge in [-0.3, -0.25) is 4.79 Å². The Morgan fingerprint density at radius 2 is 1.92 bits per heavy atom. The van der Waals surface area contributed by atoms with E-state index in [-0.39, 0.29) is 5.91 Å². The van der Waals surface area contributed by atoms with Crippen molar-refractivity contribution in [1.29, 1.82) is 0 Å². The lowest BCUT2D eigenvalue weighted by molar-refractivity contribution is 0.0966. The second kappa shape index (κ2) is 6.92. The normalized spacial score (nSPS) is 17.2. The molecular weight excluding hydrogens is 328 g/mol. The van der Waals surface area contributed by atoms with Crippen LogP contribution in [0.4, 0.5) is 17.5 Å². The van der Waals surface area contributed by atoms with Crippen molar-refractivity contribution in [3.05, 3.63) is 41.1 Å². The Morgan fingerprint density at radius 3 is 2.65 bits per heavy atom. The van der Waals surface area contributed by atoms with Crippen LogP contribution >= 0.6 is 0 Å². The van der Waals surface area contributed by atoms with Crippen LogP contribution in [0.15, 0.2) is 24.3 Å². The standard InChI is InChI=1S/C19H24N6O/c1-3-24-8-10-25(11-9-24)19-22-15-12-20-18(26)16(15)17(23-19)21-14-7-5-4-6-13(14)2/h4-7H,3,8-12H2,1-2H3,(H,20,26)(H,21,22,23). The van der Waals surface area contributed by atoms with E-state index in [1.165, 1.54) is 0 Å². The molecule has 136 valence electrons. The first kappa shape index (κ1) is 16.8.